The quantitative estimate of drug-likeness (QED) is 0.0234. The van der Waals surface area contributed by atoms with Crippen molar-refractivity contribution in [1.82, 2.24) is 0 Å². The zero-order valence-electron chi connectivity index (χ0n) is 38.0. The SMILES string of the molecule is CCCC/C=C\C/C=C\CCCCCCCC(=O)OC(CO)COP(=O)(O)OCC(CO)OC(=O)CCCCCCCCCCCCCCCCCCCCCCCC. The molecule has 11 heteroatoms. The van der Waals surface area contributed by atoms with Gasteiger partial charge in [0.1, 0.15) is 12.2 Å². The van der Waals surface area contributed by atoms with Crippen LogP contribution in [0.5, 0.6) is 0 Å². The Balaban J connectivity index is 3.82. The van der Waals surface area contributed by atoms with Crippen LogP contribution in [0.4, 0.5) is 0 Å². The second-order valence-corrected chi connectivity index (χ2v) is 17.9. The summed E-state index contributed by atoms with van der Waals surface area (Å²) in [5, 5.41) is 19.2. The highest BCUT2D eigenvalue weighted by Crippen LogP contribution is 2.43. The average Bonchev–Trinajstić information content (AvgIpc) is 3.22. The Morgan fingerprint density at radius 3 is 1.10 bits per heavy atom. The summed E-state index contributed by atoms with van der Waals surface area (Å²) in [6.07, 6.45) is 45.9. The van der Waals surface area contributed by atoms with Gasteiger partial charge in [-0.3, -0.25) is 18.6 Å². The Labute approximate surface area is 361 Å². The molecule has 3 atom stereocenters. The van der Waals surface area contributed by atoms with E-state index in [1.54, 1.807) is 0 Å². The molecule has 0 heterocycles. The van der Waals surface area contributed by atoms with Crippen LogP contribution in [0.2, 0.25) is 0 Å². The third-order valence-electron chi connectivity index (χ3n) is 10.7. The fourth-order valence-corrected chi connectivity index (χ4v) is 7.68. The van der Waals surface area contributed by atoms with Crippen LogP contribution in [-0.4, -0.2) is 65.7 Å². The highest BCUT2D eigenvalue weighted by atomic mass is 31.2. The molecule has 348 valence electrons. The lowest BCUT2D eigenvalue weighted by atomic mass is 10.0. The molecule has 0 aliphatic rings. The Hall–Kier alpha value is -1.55. The molecule has 0 aromatic rings. The zero-order chi connectivity index (χ0) is 43.3. The molecule has 0 bridgehead atoms. The lowest BCUT2D eigenvalue weighted by molar-refractivity contribution is -0.153. The molecule has 0 saturated carbocycles. The zero-order valence-corrected chi connectivity index (χ0v) is 38.9. The summed E-state index contributed by atoms with van der Waals surface area (Å²) in [7, 11) is -4.64. The van der Waals surface area contributed by atoms with Crippen LogP contribution >= 0.6 is 7.82 Å². The first-order valence-corrected chi connectivity index (χ1v) is 25.8. The van der Waals surface area contributed by atoms with Crippen LogP contribution in [0.1, 0.15) is 232 Å². The first-order valence-electron chi connectivity index (χ1n) is 24.3. The maximum Gasteiger partial charge on any atom is 0.472 e. The second kappa shape index (κ2) is 44.5. The minimum atomic E-state index is -4.64. The van der Waals surface area contributed by atoms with E-state index in [-0.39, 0.29) is 12.8 Å². The number of hydrogen-bond acceptors (Lipinski definition) is 9. The van der Waals surface area contributed by atoms with Crippen molar-refractivity contribution in [3.05, 3.63) is 24.3 Å². The lowest BCUT2D eigenvalue weighted by Gasteiger charge is -2.20. The number of carbonyl (C=O) groups excluding carboxylic acids is 2. The van der Waals surface area contributed by atoms with Crippen molar-refractivity contribution >= 4 is 19.8 Å². The molecule has 0 aliphatic heterocycles. The van der Waals surface area contributed by atoms with Crippen LogP contribution in [0.15, 0.2) is 24.3 Å². The number of esters is 2. The van der Waals surface area contributed by atoms with Gasteiger partial charge < -0.3 is 24.6 Å². The van der Waals surface area contributed by atoms with E-state index in [2.05, 4.69) is 38.2 Å². The first kappa shape index (κ1) is 57.4. The first-order chi connectivity index (χ1) is 28.8. The van der Waals surface area contributed by atoms with Gasteiger partial charge in [-0.05, 0) is 38.5 Å². The summed E-state index contributed by atoms with van der Waals surface area (Å²) in [5.74, 6) is -1.02. The molecule has 0 fully saturated rings. The third kappa shape index (κ3) is 42.9. The summed E-state index contributed by atoms with van der Waals surface area (Å²) in [6.45, 7) is 2.19. The smallest absolute Gasteiger partial charge is 0.457 e. The largest absolute Gasteiger partial charge is 0.472 e. The van der Waals surface area contributed by atoms with E-state index in [4.69, 9.17) is 18.5 Å². The number of hydrogen-bond donors (Lipinski definition) is 3. The number of phosphoric acid groups is 1. The number of aliphatic hydroxyl groups is 2. The lowest BCUT2D eigenvalue weighted by Crippen LogP contribution is -2.28. The minimum Gasteiger partial charge on any atom is -0.457 e. The van der Waals surface area contributed by atoms with E-state index in [1.807, 2.05) is 0 Å². The van der Waals surface area contributed by atoms with Crippen LogP contribution in [0.25, 0.3) is 0 Å². The number of ether oxygens (including phenoxy) is 2. The van der Waals surface area contributed by atoms with Gasteiger partial charge in [-0.2, -0.15) is 0 Å². The van der Waals surface area contributed by atoms with Crippen LogP contribution in [0.3, 0.4) is 0 Å². The van der Waals surface area contributed by atoms with Crippen molar-refractivity contribution in [3.63, 3.8) is 0 Å². The van der Waals surface area contributed by atoms with E-state index in [0.29, 0.717) is 12.8 Å². The fourth-order valence-electron chi connectivity index (χ4n) is 6.90. The predicted octanol–water partition coefficient (Wildman–Crippen LogP) is 13.3. The van der Waals surface area contributed by atoms with Crippen molar-refractivity contribution in [1.29, 1.82) is 0 Å². The predicted molar refractivity (Wildman–Crippen MR) is 242 cm³/mol. The normalized spacial score (nSPS) is 13.9. The van der Waals surface area contributed by atoms with Crippen molar-refractivity contribution in [2.24, 2.45) is 0 Å². The fraction of sp³-hybridized carbons (Fsp3) is 0.875. The van der Waals surface area contributed by atoms with Crippen LogP contribution < -0.4 is 0 Å². The number of allylic oxidation sites excluding steroid dienone is 4. The van der Waals surface area contributed by atoms with Gasteiger partial charge in [0, 0.05) is 12.8 Å². The number of rotatable bonds is 46. The molecule has 0 amide bonds. The summed E-state index contributed by atoms with van der Waals surface area (Å²) in [6, 6.07) is 0. The van der Waals surface area contributed by atoms with E-state index in [9.17, 15) is 29.3 Å². The van der Waals surface area contributed by atoms with Gasteiger partial charge in [-0.25, -0.2) is 4.57 Å². The summed E-state index contributed by atoms with van der Waals surface area (Å²) >= 11 is 0. The summed E-state index contributed by atoms with van der Waals surface area (Å²) in [4.78, 5) is 34.6. The highest BCUT2D eigenvalue weighted by molar-refractivity contribution is 7.47. The molecule has 0 saturated heterocycles. The summed E-state index contributed by atoms with van der Waals surface area (Å²) in [5.41, 5.74) is 0. The molecule has 10 nitrogen and oxygen atoms in total. The Morgan fingerprint density at radius 1 is 0.458 bits per heavy atom. The second-order valence-electron chi connectivity index (χ2n) is 16.5. The van der Waals surface area contributed by atoms with E-state index in [0.717, 1.165) is 64.2 Å². The molecule has 3 N–H and O–H groups in total. The van der Waals surface area contributed by atoms with E-state index >= 15 is 0 Å². The van der Waals surface area contributed by atoms with Gasteiger partial charge in [0.2, 0.25) is 0 Å². The van der Waals surface area contributed by atoms with Gasteiger partial charge in [-0.15, -0.1) is 0 Å². The molecule has 0 aliphatic carbocycles. The van der Waals surface area contributed by atoms with Gasteiger partial charge in [0.15, 0.2) is 0 Å². The molecule has 0 radical (unpaired) electrons. The number of phosphoric ester groups is 1. The number of carbonyl (C=O) groups is 2. The molecule has 0 aromatic heterocycles. The molecule has 0 rings (SSSR count). The van der Waals surface area contributed by atoms with Gasteiger partial charge in [0.05, 0.1) is 26.4 Å². The Kier molecular flexibility index (Phi) is 43.3. The average molecular weight is 859 g/mol. The van der Waals surface area contributed by atoms with Gasteiger partial charge >= 0.3 is 19.8 Å². The van der Waals surface area contributed by atoms with Gasteiger partial charge in [0.25, 0.3) is 0 Å². The molecule has 0 spiro atoms. The maximum absolute atomic E-state index is 12.4. The van der Waals surface area contributed by atoms with Crippen molar-refractivity contribution in [2.45, 2.75) is 244 Å². The summed E-state index contributed by atoms with van der Waals surface area (Å²) < 4.78 is 32.6. The Bertz CT molecular complexity index is 1040. The molecule has 59 heavy (non-hydrogen) atoms. The standard InChI is InChI=1S/C48H91O10P/c1-3-5-7-9-11-13-15-17-19-20-21-22-23-24-25-26-28-30-32-34-36-38-40-48(52)58-46(42-50)44-56-59(53,54)55-43-45(41-49)57-47(51)39-37-35-33-31-29-27-18-16-14-12-10-8-6-4-2/h10,12,16,18,45-46,49-50H,3-9,11,13-15,17,19-44H2,1-2H3,(H,53,54)/b12-10-,18-16-. The number of aliphatic hydroxyl groups excluding tert-OH is 2. The Morgan fingerprint density at radius 2 is 0.763 bits per heavy atom. The van der Waals surface area contributed by atoms with Crippen molar-refractivity contribution in [3.8, 4) is 0 Å². The molecular formula is C48H91O10P. The molecule has 0 aromatic carbocycles. The highest BCUT2D eigenvalue weighted by Gasteiger charge is 2.27. The van der Waals surface area contributed by atoms with E-state index < -0.39 is 58.4 Å². The van der Waals surface area contributed by atoms with Crippen LogP contribution in [-0.2, 0) is 32.7 Å². The van der Waals surface area contributed by atoms with Crippen molar-refractivity contribution < 1.29 is 47.8 Å². The topological polar surface area (TPSA) is 149 Å². The minimum absolute atomic E-state index is 0.178. The van der Waals surface area contributed by atoms with E-state index in [1.165, 1.54) is 128 Å². The number of unbranched alkanes of at least 4 members (excludes halogenated alkanes) is 28. The van der Waals surface area contributed by atoms with Crippen molar-refractivity contribution in [2.75, 3.05) is 26.4 Å². The maximum atomic E-state index is 12.4. The monoisotopic (exact) mass is 859 g/mol. The molecule has 3 unspecified atom stereocenters. The van der Waals surface area contributed by atoms with Gasteiger partial charge in [-0.1, -0.05) is 205 Å². The third-order valence-corrected chi connectivity index (χ3v) is 11.6. The van der Waals surface area contributed by atoms with Crippen LogP contribution in [0, 0.1) is 0 Å². The molecular weight excluding hydrogens is 767 g/mol.